The van der Waals surface area contributed by atoms with Crippen molar-refractivity contribution in [1.29, 1.82) is 0 Å². The van der Waals surface area contributed by atoms with E-state index in [0.717, 1.165) is 18.6 Å². The minimum absolute atomic E-state index is 0.0787. The number of esters is 2. The second kappa shape index (κ2) is 8.27. The van der Waals surface area contributed by atoms with Crippen LogP contribution in [0, 0.1) is 11.8 Å². The highest BCUT2D eigenvalue weighted by Gasteiger charge is 2.32. The summed E-state index contributed by atoms with van der Waals surface area (Å²) in [7, 11) is 2.83. The number of nitrogens with one attached hydrogen (secondary N) is 1. The largest absolute Gasteiger partial charge is 0.468 e. The first-order valence-electron chi connectivity index (χ1n) is 7.76. The minimum atomic E-state index is -0.241. The topological polar surface area (TPSA) is 77.0 Å². The predicted octanol–water partition coefficient (Wildman–Crippen LogP) is 1.57. The maximum Gasteiger partial charge on any atom is 0.330 e. The number of nitrogens with zero attached hydrogens (tertiary/aromatic N) is 1. The Labute approximate surface area is 132 Å². The summed E-state index contributed by atoms with van der Waals surface area (Å²) in [5.41, 5.74) is 1.06. The van der Waals surface area contributed by atoms with E-state index in [1.807, 2.05) is 6.92 Å². The number of ether oxygens (including phenoxy) is 2. The molecule has 5 atom stereocenters. The van der Waals surface area contributed by atoms with Gasteiger partial charge in [-0.2, -0.15) is 0 Å². The molecule has 6 nitrogen and oxygen atoms in total. The Kier molecular flexibility index (Phi) is 7.00. The molecule has 0 saturated carbocycles. The summed E-state index contributed by atoms with van der Waals surface area (Å²) in [4.78, 5) is 26.2. The number of carbonyl (C=O) groups is 2. The summed E-state index contributed by atoms with van der Waals surface area (Å²) in [6.45, 7) is 8.25. The van der Waals surface area contributed by atoms with Gasteiger partial charge in [-0.15, -0.1) is 0 Å². The molecule has 0 aromatic carbocycles. The van der Waals surface area contributed by atoms with E-state index in [2.05, 4.69) is 40.6 Å². The molecule has 2 rings (SSSR count). The van der Waals surface area contributed by atoms with Crippen molar-refractivity contribution in [3.8, 4) is 0 Å². The van der Waals surface area contributed by atoms with Gasteiger partial charge < -0.3 is 14.8 Å². The molecule has 1 saturated heterocycles. The lowest BCUT2D eigenvalue weighted by molar-refractivity contribution is -0.143. The number of hydrogen-bond donors (Lipinski definition) is 1. The summed E-state index contributed by atoms with van der Waals surface area (Å²) in [6.07, 6.45) is 1.70. The van der Waals surface area contributed by atoms with Crippen LogP contribution in [0.3, 0.4) is 0 Å². The number of rotatable bonds is 2. The molecule has 2 aliphatic heterocycles. The number of hydrogen-bond acceptors (Lipinski definition) is 6. The van der Waals surface area contributed by atoms with Gasteiger partial charge in [0.1, 0.15) is 12.1 Å². The third kappa shape index (κ3) is 4.80. The molecular formula is C16H28N2O4. The molecule has 2 heterocycles. The molecule has 1 fully saturated rings. The standard InChI is InChI=1S/C8H15NO2.C8H13NO2/c2*1-5-4-7(8(10)11-3)9-6(5)2/h5-7,9H,4H2,1-3H3;5,7H,4H2,1-3H3/t5-,6-,7-;5-,7-/m00/s1. The zero-order chi connectivity index (χ0) is 16.9. The molecule has 126 valence electrons. The molecule has 0 bridgehead atoms. The third-order valence-electron chi connectivity index (χ3n) is 4.53. The molecule has 0 aliphatic carbocycles. The lowest BCUT2D eigenvalue weighted by Crippen LogP contribution is -2.35. The Morgan fingerprint density at radius 2 is 1.68 bits per heavy atom. The first kappa shape index (κ1) is 18.6. The Bertz CT molecular complexity index is 426. The molecule has 0 unspecified atom stereocenters. The third-order valence-corrected chi connectivity index (χ3v) is 4.53. The van der Waals surface area contributed by atoms with Crippen molar-refractivity contribution < 1.29 is 19.1 Å². The average molecular weight is 312 g/mol. The van der Waals surface area contributed by atoms with Crippen LogP contribution in [0.1, 0.15) is 40.5 Å². The molecule has 6 heteroatoms. The summed E-state index contributed by atoms with van der Waals surface area (Å²) in [5, 5.41) is 3.18. The van der Waals surface area contributed by atoms with E-state index in [9.17, 15) is 9.59 Å². The summed E-state index contributed by atoms with van der Waals surface area (Å²) in [6, 6.07) is 0.110. The van der Waals surface area contributed by atoms with Gasteiger partial charge in [-0.05, 0) is 38.5 Å². The molecule has 1 N–H and O–H groups in total. The van der Waals surface area contributed by atoms with Crippen LogP contribution in [0.2, 0.25) is 0 Å². The molecule has 0 amide bonds. The van der Waals surface area contributed by atoms with Crippen LogP contribution in [0.25, 0.3) is 0 Å². The number of carbonyl (C=O) groups excluding carboxylic acids is 2. The van der Waals surface area contributed by atoms with Crippen LogP contribution in [0.5, 0.6) is 0 Å². The molecular weight excluding hydrogens is 284 g/mol. The van der Waals surface area contributed by atoms with Crippen molar-refractivity contribution in [2.75, 3.05) is 14.2 Å². The number of methoxy groups -OCH3 is 2. The lowest BCUT2D eigenvalue weighted by atomic mass is 10.0. The van der Waals surface area contributed by atoms with Crippen LogP contribution in [-0.4, -0.2) is 50.0 Å². The van der Waals surface area contributed by atoms with Gasteiger partial charge >= 0.3 is 11.9 Å². The van der Waals surface area contributed by atoms with E-state index in [4.69, 9.17) is 0 Å². The summed E-state index contributed by atoms with van der Waals surface area (Å²) < 4.78 is 9.21. The van der Waals surface area contributed by atoms with Crippen LogP contribution in [-0.2, 0) is 19.1 Å². The van der Waals surface area contributed by atoms with Gasteiger partial charge in [-0.25, -0.2) is 4.79 Å². The maximum atomic E-state index is 11.0. The highest BCUT2D eigenvalue weighted by molar-refractivity contribution is 5.91. The second-order valence-corrected chi connectivity index (χ2v) is 6.19. The molecule has 0 aromatic heterocycles. The molecule has 0 aromatic rings. The highest BCUT2D eigenvalue weighted by Crippen LogP contribution is 2.20. The highest BCUT2D eigenvalue weighted by atomic mass is 16.5. The molecule has 0 spiro atoms. The SMILES string of the molecule is COC(=O)[C@@H]1C[C@H](C)C(C)=N1.COC(=O)[C@@H]1C[C@H](C)[C@H](C)N1. The molecule has 22 heavy (non-hydrogen) atoms. The van der Waals surface area contributed by atoms with Crippen molar-refractivity contribution in [3.05, 3.63) is 0 Å². The zero-order valence-electron chi connectivity index (χ0n) is 14.4. The lowest BCUT2D eigenvalue weighted by Gasteiger charge is -2.08. The monoisotopic (exact) mass is 312 g/mol. The van der Waals surface area contributed by atoms with Crippen molar-refractivity contribution in [1.82, 2.24) is 5.32 Å². The predicted molar refractivity (Wildman–Crippen MR) is 84.9 cm³/mol. The molecule has 2 aliphatic rings. The first-order chi connectivity index (χ1) is 10.3. The van der Waals surface area contributed by atoms with Crippen molar-refractivity contribution in [3.63, 3.8) is 0 Å². The number of aliphatic imine (C=N–C) groups is 1. The van der Waals surface area contributed by atoms with Crippen LogP contribution in [0.15, 0.2) is 4.99 Å². The average Bonchev–Trinajstić information content (AvgIpc) is 3.01. The van der Waals surface area contributed by atoms with Gasteiger partial charge in [0.15, 0.2) is 0 Å². The fourth-order valence-electron chi connectivity index (χ4n) is 2.65. The summed E-state index contributed by atoms with van der Waals surface area (Å²) in [5.74, 6) is 0.646. The minimum Gasteiger partial charge on any atom is -0.468 e. The smallest absolute Gasteiger partial charge is 0.330 e. The Hall–Kier alpha value is -1.43. The van der Waals surface area contributed by atoms with Crippen LogP contribution < -0.4 is 5.32 Å². The first-order valence-corrected chi connectivity index (χ1v) is 7.76. The fraction of sp³-hybridized carbons (Fsp3) is 0.812. The molecule has 0 radical (unpaired) electrons. The van der Waals surface area contributed by atoms with E-state index in [-0.39, 0.29) is 24.0 Å². The normalized spacial score (nSPS) is 33.5. The van der Waals surface area contributed by atoms with Crippen molar-refractivity contribution in [2.45, 2.75) is 58.7 Å². The van der Waals surface area contributed by atoms with E-state index >= 15 is 0 Å². The van der Waals surface area contributed by atoms with Crippen molar-refractivity contribution >= 4 is 17.7 Å². The van der Waals surface area contributed by atoms with Crippen LogP contribution in [0.4, 0.5) is 0 Å². The Balaban J connectivity index is 0.000000220. The van der Waals surface area contributed by atoms with Crippen LogP contribution >= 0.6 is 0 Å². The van der Waals surface area contributed by atoms with Gasteiger partial charge in [0.05, 0.1) is 14.2 Å². The van der Waals surface area contributed by atoms with Gasteiger partial charge in [-0.3, -0.25) is 9.79 Å². The Morgan fingerprint density at radius 3 is 2.05 bits per heavy atom. The zero-order valence-corrected chi connectivity index (χ0v) is 14.4. The second-order valence-electron chi connectivity index (χ2n) is 6.19. The van der Waals surface area contributed by atoms with E-state index < -0.39 is 0 Å². The fourth-order valence-corrected chi connectivity index (χ4v) is 2.65. The van der Waals surface area contributed by atoms with Crippen molar-refractivity contribution in [2.24, 2.45) is 16.8 Å². The van der Waals surface area contributed by atoms with Gasteiger partial charge in [0, 0.05) is 11.8 Å². The van der Waals surface area contributed by atoms with E-state index in [1.54, 1.807) is 0 Å². The maximum absolute atomic E-state index is 11.0. The Morgan fingerprint density at radius 1 is 1.09 bits per heavy atom. The van der Waals surface area contributed by atoms with E-state index in [1.165, 1.54) is 14.2 Å². The van der Waals surface area contributed by atoms with E-state index in [0.29, 0.717) is 17.9 Å². The quantitative estimate of drug-likeness (QED) is 0.783. The van der Waals surface area contributed by atoms with Gasteiger partial charge in [0.2, 0.25) is 0 Å². The van der Waals surface area contributed by atoms with Gasteiger partial charge in [-0.1, -0.05) is 13.8 Å². The van der Waals surface area contributed by atoms with Gasteiger partial charge in [0.25, 0.3) is 0 Å². The summed E-state index contributed by atoms with van der Waals surface area (Å²) >= 11 is 0.